The predicted octanol–water partition coefficient (Wildman–Crippen LogP) is 2.44. The lowest BCUT2D eigenvalue weighted by Gasteiger charge is -2.47. The van der Waals surface area contributed by atoms with E-state index in [1.807, 2.05) is 0 Å². The van der Waals surface area contributed by atoms with Gasteiger partial charge in [0.1, 0.15) is 0 Å². The van der Waals surface area contributed by atoms with Crippen LogP contribution in [0.25, 0.3) is 0 Å². The molecule has 0 aromatic carbocycles. The van der Waals surface area contributed by atoms with Gasteiger partial charge in [-0.1, -0.05) is 13.8 Å². The van der Waals surface area contributed by atoms with Gasteiger partial charge < -0.3 is 4.74 Å². The summed E-state index contributed by atoms with van der Waals surface area (Å²) >= 11 is 4.74. The number of hydrogen-bond donors (Lipinski definition) is 1. The van der Waals surface area contributed by atoms with Crippen LogP contribution in [0.15, 0.2) is 0 Å². The highest BCUT2D eigenvalue weighted by Crippen LogP contribution is 2.67. The molecule has 0 aromatic rings. The highest BCUT2D eigenvalue weighted by molar-refractivity contribution is 7.80. The zero-order valence-corrected chi connectivity index (χ0v) is 12.0. The van der Waals surface area contributed by atoms with Gasteiger partial charge in [0.2, 0.25) is 0 Å². The third-order valence-electron chi connectivity index (χ3n) is 6.16. The molecule has 1 saturated heterocycles. The highest BCUT2D eigenvalue weighted by Gasteiger charge is 2.64. The molecule has 2 saturated carbocycles. The maximum Gasteiger partial charge on any atom is 0.0594 e. The maximum atomic E-state index is 5.50. The van der Waals surface area contributed by atoms with E-state index in [4.69, 9.17) is 17.4 Å². The first-order chi connectivity index (χ1) is 8.12. The molecule has 0 N–H and O–H groups in total. The number of thiol groups is 1. The van der Waals surface area contributed by atoms with Crippen molar-refractivity contribution in [3.8, 4) is 0 Å². The fraction of sp³-hybridized carbons (Fsp3) is 1.00. The molecular formula is C14H25NOS. The zero-order chi connectivity index (χ0) is 12.1. The average molecular weight is 255 g/mol. The van der Waals surface area contributed by atoms with Crippen LogP contribution >= 0.6 is 12.6 Å². The molecule has 2 nitrogen and oxygen atoms in total. The Morgan fingerprint density at radius 3 is 2.59 bits per heavy atom. The van der Waals surface area contributed by atoms with Crippen LogP contribution < -0.4 is 0 Å². The summed E-state index contributed by atoms with van der Waals surface area (Å²) in [6.07, 6.45) is 4.21. The van der Waals surface area contributed by atoms with Crippen LogP contribution in [0.2, 0.25) is 0 Å². The minimum atomic E-state index is 0.456. The lowest BCUT2D eigenvalue weighted by molar-refractivity contribution is -0.0249. The van der Waals surface area contributed by atoms with E-state index in [-0.39, 0.29) is 0 Å². The quantitative estimate of drug-likeness (QED) is 0.761. The lowest BCUT2D eigenvalue weighted by Crippen LogP contribution is -2.53. The Kier molecular flexibility index (Phi) is 3.00. The van der Waals surface area contributed by atoms with Crippen molar-refractivity contribution in [3.05, 3.63) is 0 Å². The first-order valence-electron chi connectivity index (χ1n) is 7.04. The molecule has 3 fully saturated rings. The van der Waals surface area contributed by atoms with E-state index in [2.05, 4.69) is 18.7 Å². The predicted molar refractivity (Wildman–Crippen MR) is 73.6 cm³/mol. The topological polar surface area (TPSA) is 12.5 Å². The Morgan fingerprint density at radius 2 is 2.00 bits per heavy atom. The van der Waals surface area contributed by atoms with Crippen molar-refractivity contribution < 1.29 is 4.74 Å². The Balaban J connectivity index is 1.87. The van der Waals surface area contributed by atoms with Crippen molar-refractivity contribution in [2.45, 2.75) is 39.2 Å². The third kappa shape index (κ3) is 1.55. The molecule has 3 atom stereocenters. The number of ether oxygens (including phenoxy) is 1. The second-order valence-corrected chi connectivity index (χ2v) is 6.99. The molecule has 17 heavy (non-hydrogen) atoms. The van der Waals surface area contributed by atoms with E-state index < -0.39 is 0 Å². The van der Waals surface area contributed by atoms with Gasteiger partial charge in [-0.25, -0.2) is 0 Å². The van der Waals surface area contributed by atoms with Gasteiger partial charge in [0.05, 0.1) is 13.2 Å². The van der Waals surface area contributed by atoms with Crippen LogP contribution in [-0.4, -0.2) is 43.0 Å². The molecule has 0 aromatic heterocycles. The fourth-order valence-electron chi connectivity index (χ4n) is 4.80. The number of nitrogens with zero attached hydrogens (tertiary/aromatic N) is 1. The summed E-state index contributed by atoms with van der Waals surface area (Å²) in [6, 6.07) is 0.762. The summed E-state index contributed by atoms with van der Waals surface area (Å²) in [5, 5.41) is 0. The molecule has 2 aliphatic carbocycles. The summed E-state index contributed by atoms with van der Waals surface area (Å²) in [7, 11) is 0. The number of hydrogen-bond acceptors (Lipinski definition) is 3. The van der Waals surface area contributed by atoms with Crippen molar-refractivity contribution in [1.82, 2.24) is 4.90 Å². The Hall–Kier alpha value is 0.270. The van der Waals surface area contributed by atoms with Crippen LogP contribution in [0.5, 0.6) is 0 Å². The summed E-state index contributed by atoms with van der Waals surface area (Å²) in [6.45, 7) is 9.07. The second kappa shape index (κ2) is 4.14. The summed E-state index contributed by atoms with van der Waals surface area (Å²) in [5.41, 5.74) is 0.940. The van der Waals surface area contributed by atoms with E-state index in [1.165, 1.54) is 19.3 Å². The molecule has 0 amide bonds. The van der Waals surface area contributed by atoms with E-state index in [0.717, 1.165) is 44.0 Å². The van der Waals surface area contributed by atoms with Gasteiger partial charge in [0.15, 0.2) is 0 Å². The first-order valence-corrected chi connectivity index (χ1v) is 7.68. The average Bonchev–Trinajstić information content (AvgIpc) is 2.74. The van der Waals surface area contributed by atoms with Crippen molar-refractivity contribution >= 4 is 12.6 Å². The zero-order valence-electron chi connectivity index (χ0n) is 11.1. The molecule has 2 bridgehead atoms. The molecule has 3 heteroatoms. The van der Waals surface area contributed by atoms with Crippen LogP contribution in [0.4, 0.5) is 0 Å². The van der Waals surface area contributed by atoms with Crippen molar-refractivity contribution in [1.29, 1.82) is 0 Å². The standard InChI is InChI=1S/C14H25NOS/c1-13(2)11-3-4-14(13,10-17)12(9-11)15-5-7-16-8-6-15/h11-12,17H,3-10H2,1-2H3/t11-,12+,14-/m1/s1. The number of morpholine rings is 1. The van der Waals surface area contributed by atoms with Gasteiger partial charge in [-0.3, -0.25) is 4.90 Å². The Labute approximate surface area is 110 Å². The van der Waals surface area contributed by atoms with Crippen LogP contribution in [0.3, 0.4) is 0 Å². The van der Waals surface area contributed by atoms with E-state index in [0.29, 0.717) is 10.8 Å². The largest absolute Gasteiger partial charge is 0.379 e. The Morgan fingerprint density at radius 1 is 1.29 bits per heavy atom. The maximum absolute atomic E-state index is 5.50. The molecule has 1 aliphatic heterocycles. The van der Waals surface area contributed by atoms with Crippen molar-refractivity contribution in [3.63, 3.8) is 0 Å². The monoisotopic (exact) mass is 255 g/mol. The fourth-order valence-corrected chi connectivity index (χ4v) is 5.58. The molecule has 98 valence electrons. The SMILES string of the molecule is CC1(C)[C@@H]2CC[C@@]1(CS)[C@@H](N1CCOCC1)C2. The first kappa shape index (κ1) is 12.3. The molecule has 0 unspecified atom stereocenters. The minimum absolute atomic E-state index is 0.456. The second-order valence-electron chi connectivity index (χ2n) is 6.67. The molecule has 1 heterocycles. The minimum Gasteiger partial charge on any atom is -0.379 e. The highest BCUT2D eigenvalue weighted by atomic mass is 32.1. The summed E-state index contributed by atoms with van der Waals surface area (Å²) in [5.74, 6) is 1.97. The van der Waals surface area contributed by atoms with Gasteiger partial charge in [-0.05, 0) is 36.3 Å². The third-order valence-corrected chi connectivity index (χ3v) is 6.72. The molecule has 3 aliphatic rings. The van der Waals surface area contributed by atoms with E-state index in [1.54, 1.807) is 0 Å². The summed E-state index contributed by atoms with van der Waals surface area (Å²) in [4.78, 5) is 2.70. The van der Waals surface area contributed by atoms with Crippen molar-refractivity contribution in [2.75, 3.05) is 32.1 Å². The number of fused-ring (bicyclic) bond motifs is 2. The smallest absolute Gasteiger partial charge is 0.0594 e. The van der Waals surface area contributed by atoms with Gasteiger partial charge >= 0.3 is 0 Å². The van der Waals surface area contributed by atoms with Crippen LogP contribution in [-0.2, 0) is 4.74 Å². The van der Waals surface area contributed by atoms with Crippen LogP contribution in [0.1, 0.15) is 33.1 Å². The summed E-state index contributed by atoms with van der Waals surface area (Å²) < 4.78 is 5.50. The van der Waals surface area contributed by atoms with E-state index in [9.17, 15) is 0 Å². The molecule has 0 spiro atoms. The van der Waals surface area contributed by atoms with Crippen LogP contribution in [0, 0.1) is 16.7 Å². The van der Waals surface area contributed by atoms with Gasteiger partial charge in [-0.2, -0.15) is 12.6 Å². The number of rotatable bonds is 2. The lowest BCUT2D eigenvalue weighted by atomic mass is 9.68. The molecular weight excluding hydrogens is 230 g/mol. The molecule has 0 radical (unpaired) electrons. The molecule has 3 rings (SSSR count). The normalized spacial score (nSPS) is 45.4. The van der Waals surface area contributed by atoms with E-state index >= 15 is 0 Å². The Bertz CT molecular complexity index is 301. The van der Waals surface area contributed by atoms with Gasteiger partial charge in [-0.15, -0.1) is 0 Å². The van der Waals surface area contributed by atoms with Gasteiger partial charge in [0, 0.05) is 24.5 Å². The van der Waals surface area contributed by atoms with Crippen molar-refractivity contribution in [2.24, 2.45) is 16.7 Å². The van der Waals surface area contributed by atoms with Gasteiger partial charge in [0.25, 0.3) is 0 Å².